The molecule has 0 N–H and O–H groups in total. The monoisotopic (exact) mass is 739 g/mol. The largest absolute Gasteiger partial charge is 0.0619 e. The highest BCUT2D eigenvalue weighted by molar-refractivity contribution is 6.03. The fourth-order valence-electron chi connectivity index (χ4n) is 12.3. The van der Waals surface area contributed by atoms with Gasteiger partial charge in [-0.15, -0.1) is 0 Å². The van der Waals surface area contributed by atoms with E-state index < -0.39 is 0 Å². The molecule has 0 heterocycles. The van der Waals surface area contributed by atoms with Gasteiger partial charge < -0.3 is 0 Å². The quantitative estimate of drug-likeness (QED) is 0.149. The smallest absolute Gasteiger partial charge is 0.00638 e. The first-order chi connectivity index (χ1) is 27.7. The summed E-state index contributed by atoms with van der Waals surface area (Å²) in [4.78, 5) is 0. The molecule has 0 unspecified atom stereocenters. The number of hydrogen-bond donors (Lipinski definition) is 0. The molecule has 0 radical (unpaired) electrons. The Kier molecular flexibility index (Phi) is 11.6. The molecule has 4 aliphatic rings. The van der Waals surface area contributed by atoms with E-state index in [1.165, 1.54) is 184 Å². The topological polar surface area (TPSA) is 0 Å². The Morgan fingerprint density at radius 1 is 0.268 bits per heavy atom. The Labute approximate surface area is 339 Å². The van der Waals surface area contributed by atoms with Crippen LogP contribution >= 0.6 is 0 Å². The van der Waals surface area contributed by atoms with Gasteiger partial charge in [0.15, 0.2) is 0 Å². The molecule has 290 valence electrons. The van der Waals surface area contributed by atoms with Crippen molar-refractivity contribution in [3.8, 4) is 44.5 Å². The second-order valence-corrected chi connectivity index (χ2v) is 18.4. The van der Waals surface area contributed by atoms with E-state index in [4.69, 9.17) is 0 Å². The van der Waals surface area contributed by atoms with Gasteiger partial charge in [0.1, 0.15) is 0 Å². The molecule has 0 amide bonds. The van der Waals surface area contributed by atoms with Crippen molar-refractivity contribution >= 4 is 0 Å². The van der Waals surface area contributed by atoms with Crippen molar-refractivity contribution in [2.75, 3.05) is 0 Å². The lowest BCUT2D eigenvalue weighted by molar-refractivity contribution is 0.444. The van der Waals surface area contributed by atoms with Gasteiger partial charge >= 0.3 is 0 Å². The maximum Gasteiger partial charge on any atom is -0.00638 e. The van der Waals surface area contributed by atoms with Crippen molar-refractivity contribution in [3.05, 3.63) is 130 Å². The average Bonchev–Trinajstić information content (AvgIpc) is 3.28. The lowest BCUT2D eigenvalue weighted by Gasteiger charge is -2.33. The third-order valence-corrected chi connectivity index (χ3v) is 15.1. The highest BCUT2D eigenvalue weighted by Crippen LogP contribution is 2.55. The van der Waals surface area contributed by atoms with Crippen LogP contribution in [0, 0.1) is 13.8 Å². The Balaban J connectivity index is 1.40. The first-order valence-corrected chi connectivity index (χ1v) is 23.2. The molecule has 0 spiro atoms. The molecule has 5 aromatic rings. The summed E-state index contributed by atoms with van der Waals surface area (Å²) >= 11 is 0. The summed E-state index contributed by atoms with van der Waals surface area (Å²) < 4.78 is 0. The zero-order valence-corrected chi connectivity index (χ0v) is 34.7. The standard InChI is InChI=1S/C56H66/c1-39-53(49-35-19-15-31-45(49)41-23-7-3-8-24-41)55(51-37-21-17-33-47(51)43-27-11-5-12-28-43)40(2)56(52-38-22-18-34-48(52)44-29-13-6-14-30-44)54(39)50-36-20-16-32-46(50)42-25-9-4-10-26-42/h15-22,31-38,41-44H,3-14,23-30H2,1-2H3. The molecule has 0 saturated heterocycles. The molecule has 5 aromatic carbocycles. The van der Waals surface area contributed by atoms with Crippen LogP contribution in [0.3, 0.4) is 0 Å². The molecule has 0 nitrogen and oxygen atoms in total. The minimum absolute atomic E-state index is 0.630. The molecular weight excluding hydrogens is 673 g/mol. The Bertz CT molecular complexity index is 1800. The maximum atomic E-state index is 2.54. The first-order valence-electron chi connectivity index (χ1n) is 23.2. The summed E-state index contributed by atoms with van der Waals surface area (Å²) in [5, 5.41) is 0. The summed E-state index contributed by atoms with van der Waals surface area (Å²) in [5.74, 6) is 2.52. The number of hydrogen-bond acceptors (Lipinski definition) is 0. The van der Waals surface area contributed by atoms with Gasteiger partial charge in [-0.25, -0.2) is 0 Å². The molecule has 0 aliphatic heterocycles. The van der Waals surface area contributed by atoms with Crippen LogP contribution in [-0.4, -0.2) is 0 Å². The van der Waals surface area contributed by atoms with Gasteiger partial charge in [0.25, 0.3) is 0 Å². The van der Waals surface area contributed by atoms with Crippen LogP contribution in [0.1, 0.15) is 185 Å². The third-order valence-electron chi connectivity index (χ3n) is 15.1. The second kappa shape index (κ2) is 17.3. The molecular formula is C56H66. The van der Waals surface area contributed by atoms with Crippen LogP contribution in [0.2, 0.25) is 0 Å². The molecule has 4 saturated carbocycles. The maximum absolute atomic E-state index is 2.54. The zero-order valence-electron chi connectivity index (χ0n) is 34.7. The van der Waals surface area contributed by atoms with Gasteiger partial charge in [-0.2, -0.15) is 0 Å². The van der Waals surface area contributed by atoms with E-state index in [0.717, 1.165) is 0 Å². The summed E-state index contributed by atoms with van der Waals surface area (Å²) in [6.07, 6.45) is 26.9. The van der Waals surface area contributed by atoms with Crippen LogP contribution < -0.4 is 0 Å². The van der Waals surface area contributed by atoms with Crippen LogP contribution in [0.15, 0.2) is 97.1 Å². The summed E-state index contributed by atoms with van der Waals surface area (Å²) in [5.41, 5.74) is 21.4. The van der Waals surface area contributed by atoms with Crippen LogP contribution in [-0.2, 0) is 0 Å². The van der Waals surface area contributed by atoms with Gasteiger partial charge in [0.2, 0.25) is 0 Å². The van der Waals surface area contributed by atoms with Gasteiger partial charge in [-0.1, -0.05) is 174 Å². The van der Waals surface area contributed by atoms with E-state index in [1.54, 1.807) is 22.3 Å². The fraction of sp³-hybridized carbons (Fsp3) is 0.464. The lowest BCUT2D eigenvalue weighted by atomic mass is 9.71. The van der Waals surface area contributed by atoms with E-state index in [9.17, 15) is 0 Å². The molecule has 0 heteroatoms. The van der Waals surface area contributed by atoms with Gasteiger partial charge in [0, 0.05) is 0 Å². The Hall–Kier alpha value is -3.90. The Morgan fingerprint density at radius 2 is 0.464 bits per heavy atom. The van der Waals surface area contributed by atoms with Crippen LogP contribution in [0.4, 0.5) is 0 Å². The van der Waals surface area contributed by atoms with Crippen molar-refractivity contribution in [3.63, 3.8) is 0 Å². The second-order valence-electron chi connectivity index (χ2n) is 18.4. The summed E-state index contributed by atoms with van der Waals surface area (Å²) in [6, 6.07) is 38.8. The van der Waals surface area contributed by atoms with Crippen molar-refractivity contribution in [1.82, 2.24) is 0 Å². The predicted octanol–water partition coefficient (Wildman–Crippen LogP) is 17.2. The first kappa shape index (κ1) is 37.7. The molecule has 0 aromatic heterocycles. The van der Waals surface area contributed by atoms with E-state index in [2.05, 4.69) is 111 Å². The van der Waals surface area contributed by atoms with Gasteiger partial charge in [-0.3, -0.25) is 0 Å². The molecule has 0 bridgehead atoms. The molecule has 9 rings (SSSR count). The van der Waals surface area contributed by atoms with Crippen molar-refractivity contribution in [2.45, 2.75) is 166 Å². The number of rotatable bonds is 8. The SMILES string of the molecule is Cc1c(-c2ccccc2C2CCCCC2)c(-c2ccccc2C2CCCCC2)c(C)c(-c2ccccc2C2CCCCC2)c1-c1ccccc1C1CCCCC1. The highest BCUT2D eigenvalue weighted by atomic mass is 14.4. The van der Waals surface area contributed by atoms with Crippen LogP contribution in [0.5, 0.6) is 0 Å². The molecule has 4 fully saturated rings. The van der Waals surface area contributed by atoms with E-state index in [1.807, 2.05) is 0 Å². The molecule has 4 aliphatic carbocycles. The zero-order chi connectivity index (χ0) is 37.8. The summed E-state index contributed by atoms with van der Waals surface area (Å²) in [6.45, 7) is 5.08. The van der Waals surface area contributed by atoms with Gasteiger partial charge in [-0.05, 0) is 167 Å². The van der Waals surface area contributed by atoms with Gasteiger partial charge in [0.05, 0.1) is 0 Å². The molecule has 56 heavy (non-hydrogen) atoms. The highest BCUT2D eigenvalue weighted by Gasteiger charge is 2.32. The third kappa shape index (κ3) is 7.36. The van der Waals surface area contributed by atoms with E-state index in [0.29, 0.717) is 23.7 Å². The average molecular weight is 739 g/mol. The normalized spacial score (nSPS) is 19.3. The van der Waals surface area contributed by atoms with Crippen molar-refractivity contribution in [2.24, 2.45) is 0 Å². The molecule has 0 atom stereocenters. The fourth-order valence-corrected chi connectivity index (χ4v) is 12.3. The van der Waals surface area contributed by atoms with Crippen molar-refractivity contribution < 1.29 is 0 Å². The minimum Gasteiger partial charge on any atom is -0.0619 e. The number of benzene rings is 5. The summed E-state index contributed by atoms with van der Waals surface area (Å²) in [7, 11) is 0. The predicted molar refractivity (Wildman–Crippen MR) is 241 cm³/mol. The van der Waals surface area contributed by atoms with Crippen molar-refractivity contribution in [1.29, 1.82) is 0 Å². The Morgan fingerprint density at radius 3 is 0.679 bits per heavy atom. The van der Waals surface area contributed by atoms with E-state index in [-0.39, 0.29) is 0 Å². The van der Waals surface area contributed by atoms with E-state index >= 15 is 0 Å². The lowest BCUT2D eigenvalue weighted by Crippen LogP contribution is -2.12. The minimum atomic E-state index is 0.630. The van der Waals surface area contributed by atoms with Crippen LogP contribution in [0.25, 0.3) is 44.5 Å².